The number of aromatic nitrogens is 2. The van der Waals surface area contributed by atoms with Crippen LogP contribution in [0.15, 0.2) is 35.1 Å². The molecular formula is C12H10BrClN2O2. The predicted molar refractivity (Wildman–Crippen MR) is 72.1 cm³/mol. The predicted octanol–water partition coefficient (Wildman–Crippen LogP) is 3.48. The molecule has 0 saturated carbocycles. The second-order valence-corrected chi connectivity index (χ2v) is 4.63. The van der Waals surface area contributed by atoms with E-state index in [-0.39, 0.29) is 0 Å². The van der Waals surface area contributed by atoms with Crippen LogP contribution in [0, 0.1) is 0 Å². The summed E-state index contributed by atoms with van der Waals surface area (Å²) in [5.74, 6) is 1.29. The van der Waals surface area contributed by atoms with Gasteiger partial charge in [0.15, 0.2) is 11.5 Å². The Morgan fingerprint density at radius 3 is 2.78 bits per heavy atom. The molecule has 0 aliphatic rings. The van der Waals surface area contributed by atoms with Crippen molar-refractivity contribution in [2.75, 3.05) is 7.11 Å². The van der Waals surface area contributed by atoms with Gasteiger partial charge in [-0.3, -0.25) is 4.98 Å². The maximum atomic E-state index is 5.67. The minimum absolute atomic E-state index is 0.295. The molecule has 0 amide bonds. The van der Waals surface area contributed by atoms with Crippen LogP contribution in [0.2, 0.25) is 5.15 Å². The monoisotopic (exact) mass is 328 g/mol. The number of nitrogens with zero attached hydrogens (tertiary/aromatic N) is 2. The van der Waals surface area contributed by atoms with Crippen LogP contribution in [0.1, 0.15) is 5.69 Å². The van der Waals surface area contributed by atoms with E-state index in [4.69, 9.17) is 21.1 Å². The molecule has 0 atom stereocenters. The van der Waals surface area contributed by atoms with Gasteiger partial charge in [0.05, 0.1) is 29.7 Å². The van der Waals surface area contributed by atoms with Crippen LogP contribution in [0.5, 0.6) is 11.5 Å². The SMILES string of the molecule is COc1cccc(Br)c1OCc1cnc(Cl)cn1. The zero-order chi connectivity index (χ0) is 13.0. The largest absolute Gasteiger partial charge is 0.493 e. The molecule has 0 bridgehead atoms. The van der Waals surface area contributed by atoms with Crippen LogP contribution >= 0.6 is 27.5 Å². The molecule has 0 N–H and O–H groups in total. The Labute approximate surface area is 118 Å². The van der Waals surface area contributed by atoms with Crippen molar-refractivity contribution in [3.63, 3.8) is 0 Å². The lowest BCUT2D eigenvalue weighted by Gasteiger charge is -2.11. The van der Waals surface area contributed by atoms with Crippen LogP contribution in [-0.2, 0) is 6.61 Å². The molecule has 2 aromatic rings. The molecule has 0 aliphatic carbocycles. The average Bonchev–Trinajstić information content (AvgIpc) is 2.39. The normalized spacial score (nSPS) is 10.2. The third-order valence-corrected chi connectivity index (χ3v) is 3.01. The van der Waals surface area contributed by atoms with E-state index in [0.717, 1.165) is 4.47 Å². The van der Waals surface area contributed by atoms with E-state index in [1.54, 1.807) is 13.3 Å². The fourth-order valence-corrected chi connectivity index (χ4v) is 1.91. The van der Waals surface area contributed by atoms with E-state index in [2.05, 4.69) is 25.9 Å². The molecule has 94 valence electrons. The van der Waals surface area contributed by atoms with Gasteiger partial charge < -0.3 is 9.47 Å². The second kappa shape index (κ2) is 6.02. The van der Waals surface area contributed by atoms with Gasteiger partial charge in [-0.1, -0.05) is 17.7 Å². The second-order valence-electron chi connectivity index (χ2n) is 3.39. The summed E-state index contributed by atoms with van der Waals surface area (Å²) < 4.78 is 11.7. The van der Waals surface area contributed by atoms with Crippen molar-refractivity contribution in [2.45, 2.75) is 6.61 Å². The van der Waals surface area contributed by atoms with E-state index in [1.807, 2.05) is 18.2 Å². The van der Waals surface area contributed by atoms with Gasteiger partial charge in [0, 0.05) is 0 Å². The molecule has 6 heteroatoms. The fourth-order valence-electron chi connectivity index (χ4n) is 1.35. The quantitative estimate of drug-likeness (QED) is 0.861. The van der Waals surface area contributed by atoms with E-state index < -0.39 is 0 Å². The summed E-state index contributed by atoms with van der Waals surface area (Å²) >= 11 is 9.07. The lowest BCUT2D eigenvalue weighted by atomic mass is 10.3. The number of halogens is 2. The number of hydrogen-bond donors (Lipinski definition) is 0. The molecule has 1 aromatic heterocycles. The lowest BCUT2D eigenvalue weighted by Crippen LogP contribution is -2.01. The molecule has 0 spiro atoms. The van der Waals surface area contributed by atoms with Gasteiger partial charge in [-0.15, -0.1) is 0 Å². The zero-order valence-corrected chi connectivity index (χ0v) is 11.9. The smallest absolute Gasteiger partial charge is 0.175 e. The molecule has 1 heterocycles. The van der Waals surface area contributed by atoms with Crippen LogP contribution in [0.25, 0.3) is 0 Å². The average molecular weight is 330 g/mol. The van der Waals surface area contributed by atoms with Gasteiger partial charge in [0.1, 0.15) is 11.8 Å². The summed E-state index contributed by atoms with van der Waals surface area (Å²) in [6, 6.07) is 5.58. The molecule has 2 rings (SSSR count). The Balaban J connectivity index is 2.12. The van der Waals surface area contributed by atoms with Crippen molar-refractivity contribution < 1.29 is 9.47 Å². The van der Waals surface area contributed by atoms with Crippen molar-refractivity contribution in [2.24, 2.45) is 0 Å². The van der Waals surface area contributed by atoms with Gasteiger partial charge in [-0.25, -0.2) is 4.98 Å². The number of hydrogen-bond acceptors (Lipinski definition) is 4. The third kappa shape index (κ3) is 3.11. The molecule has 4 nitrogen and oxygen atoms in total. The maximum absolute atomic E-state index is 5.67. The first-order valence-corrected chi connectivity index (χ1v) is 6.29. The van der Waals surface area contributed by atoms with Crippen molar-refractivity contribution in [1.82, 2.24) is 9.97 Å². The first-order valence-electron chi connectivity index (χ1n) is 5.12. The first kappa shape index (κ1) is 13.1. The van der Waals surface area contributed by atoms with Crippen LogP contribution in [0.4, 0.5) is 0 Å². The molecular weight excluding hydrogens is 320 g/mol. The van der Waals surface area contributed by atoms with Gasteiger partial charge in [0.25, 0.3) is 0 Å². The first-order chi connectivity index (χ1) is 8.70. The molecule has 18 heavy (non-hydrogen) atoms. The maximum Gasteiger partial charge on any atom is 0.175 e. The van der Waals surface area contributed by atoms with Crippen LogP contribution < -0.4 is 9.47 Å². The van der Waals surface area contributed by atoms with Crippen molar-refractivity contribution in [3.05, 3.63) is 45.9 Å². The van der Waals surface area contributed by atoms with Gasteiger partial charge in [0.2, 0.25) is 0 Å². The zero-order valence-electron chi connectivity index (χ0n) is 9.56. The molecule has 1 aromatic carbocycles. The molecule has 0 aliphatic heterocycles. The van der Waals surface area contributed by atoms with E-state index in [0.29, 0.717) is 29.0 Å². The Bertz CT molecular complexity index is 534. The highest BCUT2D eigenvalue weighted by Gasteiger charge is 2.09. The summed E-state index contributed by atoms with van der Waals surface area (Å²) in [6.07, 6.45) is 3.06. The summed E-state index contributed by atoms with van der Waals surface area (Å²) in [6.45, 7) is 0.295. The molecule has 0 fully saturated rings. The minimum atomic E-state index is 0.295. The summed E-state index contributed by atoms with van der Waals surface area (Å²) in [5.41, 5.74) is 0.692. The fraction of sp³-hybridized carbons (Fsp3) is 0.167. The highest BCUT2D eigenvalue weighted by Crippen LogP contribution is 2.35. The number of benzene rings is 1. The highest BCUT2D eigenvalue weighted by molar-refractivity contribution is 9.10. The van der Waals surface area contributed by atoms with E-state index in [9.17, 15) is 0 Å². The Morgan fingerprint density at radius 2 is 2.11 bits per heavy atom. The third-order valence-electron chi connectivity index (χ3n) is 2.19. The number of ether oxygens (including phenoxy) is 2. The van der Waals surface area contributed by atoms with E-state index >= 15 is 0 Å². The number of para-hydroxylation sites is 1. The number of rotatable bonds is 4. The Morgan fingerprint density at radius 1 is 1.28 bits per heavy atom. The van der Waals surface area contributed by atoms with Gasteiger partial charge in [-0.05, 0) is 28.1 Å². The Hall–Kier alpha value is -1.33. The number of methoxy groups -OCH3 is 1. The van der Waals surface area contributed by atoms with Crippen molar-refractivity contribution in [3.8, 4) is 11.5 Å². The lowest BCUT2D eigenvalue weighted by molar-refractivity contribution is 0.278. The van der Waals surface area contributed by atoms with Gasteiger partial charge >= 0.3 is 0 Å². The molecule has 0 radical (unpaired) electrons. The summed E-state index contributed by atoms with van der Waals surface area (Å²) in [5, 5.41) is 0.359. The van der Waals surface area contributed by atoms with Crippen molar-refractivity contribution in [1.29, 1.82) is 0 Å². The van der Waals surface area contributed by atoms with Crippen LogP contribution in [0.3, 0.4) is 0 Å². The van der Waals surface area contributed by atoms with E-state index in [1.165, 1.54) is 6.20 Å². The van der Waals surface area contributed by atoms with Gasteiger partial charge in [-0.2, -0.15) is 0 Å². The van der Waals surface area contributed by atoms with Crippen molar-refractivity contribution >= 4 is 27.5 Å². The summed E-state index contributed by atoms with van der Waals surface area (Å²) in [7, 11) is 1.59. The molecule has 0 saturated heterocycles. The standard InChI is InChI=1S/C12H10BrClN2O2/c1-17-10-4-2-3-9(13)12(10)18-7-8-5-16-11(14)6-15-8/h2-6H,7H2,1H3. The summed E-state index contributed by atoms with van der Waals surface area (Å²) in [4.78, 5) is 8.04. The topological polar surface area (TPSA) is 44.2 Å². The minimum Gasteiger partial charge on any atom is -0.493 e. The van der Waals surface area contributed by atoms with Crippen LogP contribution in [-0.4, -0.2) is 17.1 Å². The Kier molecular flexibility index (Phi) is 4.38. The highest BCUT2D eigenvalue weighted by atomic mass is 79.9. The molecule has 0 unspecified atom stereocenters.